The first-order valence-corrected chi connectivity index (χ1v) is 11.7. The molecule has 0 spiro atoms. The second-order valence-corrected chi connectivity index (χ2v) is 9.45. The van der Waals surface area contributed by atoms with Crippen LogP contribution in [0.4, 0.5) is 0 Å². The van der Waals surface area contributed by atoms with Gasteiger partial charge in [-0.25, -0.2) is 8.42 Å². The number of allylic oxidation sites excluding steroid dienone is 2. The molecule has 0 aliphatic carbocycles. The molecule has 0 radical (unpaired) electrons. The third kappa shape index (κ3) is 5.79. The highest BCUT2D eigenvalue weighted by molar-refractivity contribution is 7.88. The number of hydrogen-bond donors (Lipinski definition) is 0. The first-order chi connectivity index (χ1) is 13.6. The molecule has 0 bridgehead atoms. The largest absolute Gasteiger partial charge is 0.473 e. The standard InChI is InChI=1S/C22H29NO4S/c24-22(14-6-2-3-9-19-12-8-16-27-17-19)21-13-7-15-23(21)28(25,26)18-20-10-4-1-5-11-20/h1,4-5,8,10-11,16-17,21H,2-3,6-7,9,12-15,18H2/t21-/m0/s1. The molecule has 0 saturated carbocycles. The van der Waals surface area contributed by atoms with Crippen LogP contribution in [0.2, 0.25) is 0 Å². The Hall–Kier alpha value is -1.92. The second kappa shape index (κ2) is 10.0. The maximum atomic E-state index is 12.8. The van der Waals surface area contributed by atoms with Crippen molar-refractivity contribution in [2.24, 2.45) is 0 Å². The molecule has 2 aliphatic rings. The number of sulfonamides is 1. The van der Waals surface area contributed by atoms with E-state index in [1.54, 1.807) is 12.5 Å². The fourth-order valence-electron chi connectivity index (χ4n) is 3.86. The van der Waals surface area contributed by atoms with Gasteiger partial charge in [-0.2, -0.15) is 4.31 Å². The Morgan fingerprint density at radius 2 is 1.96 bits per heavy atom. The zero-order chi connectivity index (χ0) is 19.8. The van der Waals surface area contributed by atoms with E-state index in [0.717, 1.165) is 44.1 Å². The number of carbonyl (C=O) groups is 1. The number of ether oxygens (including phenoxy) is 1. The Labute approximate surface area is 168 Å². The van der Waals surface area contributed by atoms with E-state index in [9.17, 15) is 13.2 Å². The first-order valence-electron chi connectivity index (χ1n) is 10.1. The lowest BCUT2D eigenvalue weighted by atomic mass is 10.0. The monoisotopic (exact) mass is 403 g/mol. The number of benzene rings is 1. The van der Waals surface area contributed by atoms with Crippen molar-refractivity contribution >= 4 is 15.8 Å². The van der Waals surface area contributed by atoms with Crippen molar-refractivity contribution in [1.82, 2.24) is 4.31 Å². The summed E-state index contributed by atoms with van der Waals surface area (Å²) in [5, 5.41) is 0. The van der Waals surface area contributed by atoms with Crippen LogP contribution in [-0.4, -0.2) is 31.1 Å². The van der Waals surface area contributed by atoms with Crippen LogP contribution < -0.4 is 0 Å². The summed E-state index contributed by atoms with van der Waals surface area (Å²) in [7, 11) is -3.47. The van der Waals surface area contributed by atoms with Gasteiger partial charge in [-0.1, -0.05) is 36.8 Å². The molecule has 1 saturated heterocycles. The van der Waals surface area contributed by atoms with Gasteiger partial charge in [0.2, 0.25) is 10.0 Å². The summed E-state index contributed by atoms with van der Waals surface area (Å²) in [6.45, 7) is 0.452. The summed E-state index contributed by atoms with van der Waals surface area (Å²) < 4.78 is 32.3. The van der Waals surface area contributed by atoms with Crippen molar-refractivity contribution in [1.29, 1.82) is 0 Å². The van der Waals surface area contributed by atoms with Crippen LogP contribution in [0.3, 0.4) is 0 Å². The summed E-state index contributed by atoms with van der Waals surface area (Å²) in [5.41, 5.74) is 2.04. The minimum Gasteiger partial charge on any atom is -0.473 e. The molecule has 2 aliphatic heterocycles. The average Bonchev–Trinajstić information content (AvgIpc) is 3.20. The molecule has 0 amide bonds. The summed E-state index contributed by atoms with van der Waals surface area (Å²) in [4.78, 5) is 12.7. The van der Waals surface area contributed by atoms with Gasteiger partial charge in [-0.3, -0.25) is 4.79 Å². The Balaban J connectivity index is 1.45. The van der Waals surface area contributed by atoms with Crippen LogP contribution in [0, 0.1) is 0 Å². The van der Waals surface area contributed by atoms with E-state index < -0.39 is 16.1 Å². The highest BCUT2D eigenvalue weighted by Gasteiger charge is 2.37. The Kier molecular flexibility index (Phi) is 7.45. The van der Waals surface area contributed by atoms with Crippen molar-refractivity contribution < 1.29 is 17.9 Å². The summed E-state index contributed by atoms with van der Waals surface area (Å²) in [6.07, 6.45) is 12.1. The van der Waals surface area contributed by atoms with Gasteiger partial charge in [0.1, 0.15) is 0 Å². The molecule has 3 rings (SSSR count). The normalized spacial score (nSPS) is 20.0. The lowest BCUT2D eigenvalue weighted by Gasteiger charge is -2.23. The van der Waals surface area contributed by atoms with Gasteiger partial charge in [0.25, 0.3) is 0 Å². The molecular formula is C22H29NO4S. The molecule has 2 heterocycles. The fraction of sp³-hybridized carbons (Fsp3) is 0.500. The van der Waals surface area contributed by atoms with Gasteiger partial charge in [-0.05, 0) is 55.7 Å². The van der Waals surface area contributed by atoms with E-state index >= 15 is 0 Å². The van der Waals surface area contributed by atoms with Crippen molar-refractivity contribution in [3.05, 3.63) is 60.1 Å². The van der Waals surface area contributed by atoms with E-state index in [-0.39, 0.29) is 11.5 Å². The van der Waals surface area contributed by atoms with Crippen LogP contribution in [-0.2, 0) is 25.3 Å². The molecular weight excluding hydrogens is 374 g/mol. The minimum absolute atomic E-state index is 0.0384. The third-order valence-corrected chi connectivity index (χ3v) is 7.18. The van der Waals surface area contributed by atoms with Crippen molar-refractivity contribution in [3.63, 3.8) is 0 Å². The van der Waals surface area contributed by atoms with Crippen molar-refractivity contribution in [2.45, 2.75) is 63.2 Å². The Bertz CT molecular complexity index is 814. The molecule has 1 fully saturated rings. The van der Waals surface area contributed by atoms with Gasteiger partial charge >= 0.3 is 0 Å². The number of carbonyl (C=O) groups excluding carboxylic acids is 1. The zero-order valence-electron chi connectivity index (χ0n) is 16.3. The first kappa shape index (κ1) is 20.8. The fourth-order valence-corrected chi connectivity index (χ4v) is 5.65. The van der Waals surface area contributed by atoms with Crippen LogP contribution >= 0.6 is 0 Å². The van der Waals surface area contributed by atoms with Crippen LogP contribution in [0.5, 0.6) is 0 Å². The molecule has 1 atom stereocenters. The minimum atomic E-state index is -3.47. The van der Waals surface area contributed by atoms with Gasteiger partial charge < -0.3 is 4.74 Å². The summed E-state index contributed by atoms with van der Waals surface area (Å²) in [6, 6.07) is 8.69. The smallest absolute Gasteiger partial charge is 0.218 e. The summed E-state index contributed by atoms with van der Waals surface area (Å²) >= 11 is 0. The molecule has 0 N–H and O–H groups in total. The van der Waals surface area contributed by atoms with E-state index in [2.05, 4.69) is 0 Å². The highest BCUT2D eigenvalue weighted by Crippen LogP contribution is 2.26. The maximum absolute atomic E-state index is 12.8. The number of rotatable bonds is 10. The van der Waals surface area contributed by atoms with Crippen molar-refractivity contribution in [3.8, 4) is 0 Å². The molecule has 0 aromatic heterocycles. The van der Waals surface area contributed by atoms with E-state index in [1.807, 2.05) is 36.4 Å². The molecule has 28 heavy (non-hydrogen) atoms. The second-order valence-electron chi connectivity index (χ2n) is 7.53. The molecule has 6 heteroatoms. The number of hydrogen-bond acceptors (Lipinski definition) is 4. The predicted molar refractivity (Wildman–Crippen MR) is 110 cm³/mol. The Morgan fingerprint density at radius 1 is 1.14 bits per heavy atom. The van der Waals surface area contributed by atoms with Crippen LogP contribution in [0.15, 0.2) is 54.5 Å². The van der Waals surface area contributed by atoms with E-state index in [0.29, 0.717) is 19.4 Å². The average molecular weight is 404 g/mol. The van der Waals surface area contributed by atoms with E-state index in [1.165, 1.54) is 9.88 Å². The molecule has 1 aromatic rings. The lowest BCUT2D eigenvalue weighted by Crippen LogP contribution is -2.41. The van der Waals surface area contributed by atoms with Gasteiger partial charge in [0.05, 0.1) is 24.3 Å². The highest BCUT2D eigenvalue weighted by atomic mass is 32.2. The van der Waals surface area contributed by atoms with Gasteiger partial charge in [-0.15, -0.1) is 0 Å². The van der Waals surface area contributed by atoms with Gasteiger partial charge in [0, 0.05) is 13.0 Å². The summed E-state index contributed by atoms with van der Waals surface area (Å²) in [5.74, 6) is 0.0285. The van der Waals surface area contributed by atoms with Crippen LogP contribution in [0.25, 0.3) is 0 Å². The maximum Gasteiger partial charge on any atom is 0.218 e. The quantitative estimate of drug-likeness (QED) is 0.546. The predicted octanol–water partition coefficient (Wildman–Crippen LogP) is 4.32. The van der Waals surface area contributed by atoms with Crippen LogP contribution in [0.1, 0.15) is 56.9 Å². The lowest BCUT2D eigenvalue weighted by molar-refractivity contribution is -0.122. The number of Topliss-reactive ketones (excluding diaryl/α,β-unsaturated/α-hetero) is 1. The number of nitrogens with zero attached hydrogens (tertiary/aromatic N) is 1. The molecule has 152 valence electrons. The number of ketones is 1. The molecule has 5 nitrogen and oxygen atoms in total. The van der Waals surface area contributed by atoms with Gasteiger partial charge in [0.15, 0.2) is 5.78 Å². The third-order valence-electron chi connectivity index (χ3n) is 5.34. The number of unbranched alkanes of at least 4 members (excludes halogenated alkanes) is 2. The topological polar surface area (TPSA) is 63.7 Å². The van der Waals surface area contributed by atoms with Crippen molar-refractivity contribution in [2.75, 3.05) is 6.54 Å². The molecule has 0 unspecified atom stereocenters. The van der Waals surface area contributed by atoms with E-state index in [4.69, 9.17) is 4.74 Å². The zero-order valence-corrected chi connectivity index (χ0v) is 17.1. The molecule has 1 aromatic carbocycles. The Morgan fingerprint density at radius 3 is 2.71 bits per heavy atom. The SMILES string of the molecule is O=C(CCCCCC1=COC=CC1)[C@@H]1CCCN1S(=O)(=O)Cc1ccccc1.